The molecule has 0 spiro atoms. The van der Waals surface area contributed by atoms with Gasteiger partial charge in [-0.15, -0.1) is 0 Å². The third kappa shape index (κ3) is 2.36. The van der Waals surface area contributed by atoms with Gasteiger partial charge in [-0.05, 0) is 0 Å². The van der Waals surface area contributed by atoms with Crippen LogP contribution in [0.25, 0.3) is 11.3 Å². The average Bonchev–Trinajstić information content (AvgIpc) is 2.82. The van der Waals surface area contributed by atoms with E-state index in [2.05, 4.69) is 5.16 Å². The van der Waals surface area contributed by atoms with Crippen LogP contribution in [0.1, 0.15) is 17.0 Å². The molecule has 0 unspecified atom stereocenters. The summed E-state index contributed by atoms with van der Waals surface area (Å²) in [6.45, 7) is 0.845. The first-order chi connectivity index (χ1) is 10.1. The smallest absolute Gasteiger partial charge is 0.374 e. The highest BCUT2D eigenvalue weighted by Gasteiger charge is 2.26. The first-order valence-electron chi connectivity index (χ1n) is 6.09. The normalized spacial score (nSPS) is 13.8. The maximum Gasteiger partial charge on any atom is 0.374 e. The van der Waals surface area contributed by atoms with Crippen LogP contribution in [-0.2, 0) is 0 Å². The Bertz CT molecular complexity index is 711. The van der Waals surface area contributed by atoms with Crippen molar-refractivity contribution in [3.8, 4) is 28.5 Å². The van der Waals surface area contributed by atoms with E-state index in [0.717, 1.165) is 0 Å². The Labute approximate surface area is 123 Å². The summed E-state index contributed by atoms with van der Waals surface area (Å²) in [6, 6.07) is 2.63. The Kier molecular flexibility index (Phi) is 3.34. The van der Waals surface area contributed by atoms with Crippen molar-refractivity contribution in [3.63, 3.8) is 0 Å². The molecule has 2 N–H and O–H groups in total. The van der Waals surface area contributed by atoms with Gasteiger partial charge in [0.2, 0.25) is 5.76 Å². The molecule has 0 fully saturated rings. The number of fused-ring (bicyclic) bond motifs is 1. The van der Waals surface area contributed by atoms with Gasteiger partial charge in [0.05, 0.1) is 23.8 Å². The minimum Gasteiger partial charge on any atom is -0.506 e. The zero-order chi connectivity index (χ0) is 15.0. The highest BCUT2D eigenvalue weighted by molar-refractivity contribution is 6.32. The fourth-order valence-electron chi connectivity index (χ4n) is 2.00. The topological polar surface area (TPSA) is 102 Å². The summed E-state index contributed by atoms with van der Waals surface area (Å²) >= 11 is 5.96. The van der Waals surface area contributed by atoms with Crippen LogP contribution in [-0.4, -0.2) is 34.6 Å². The summed E-state index contributed by atoms with van der Waals surface area (Å²) in [6.07, 6.45) is 0.672. The van der Waals surface area contributed by atoms with E-state index in [9.17, 15) is 9.90 Å². The quantitative estimate of drug-likeness (QED) is 0.878. The minimum atomic E-state index is -1.27. The van der Waals surface area contributed by atoms with Crippen molar-refractivity contribution < 1.29 is 29.0 Å². The summed E-state index contributed by atoms with van der Waals surface area (Å²) in [5, 5.41) is 22.7. The van der Waals surface area contributed by atoms with E-state index < -0.39 is 5.97 Å². The Morgan fingerprint density at radius 2 is 2.05 bits per heavy atom. The number of aromatic nitrogens is 1. The summed E-state index contributed by atoms with van der Waals surface area (Å²) in [5.41, 5.74) is 0.254. The van der Waals surface area contributed by atoms with E-state index in [1.54, 1.807) is 0 Å². The molecule has 0 aliphatic carbocycles. The highest BCUT2D eigenvalue weighted by atomic mass is 35.5. The molecule has 1 aliphatic heterocycles. The maximum atomic E-state index is 10.9. The van der Waals surface area contributed by atoms with Crippen molar-refractivity contribution in [1.29, 1.82) is 0 Å². The number of ether oxygens (including phenoxy) is 2. The van der Waals surface area contributed by atoms with Crippen LogP contribution >= 0.6 is 11.6 Å². The Morgan fingerprint density at radius 1 is 1.29 bits per heavy atom. The Balaban J connectivity index is 2.19. The summed E-state index contributed by atoms with van der Waals surface area (Å²) in [5.74, 6) is -1.26. The van der Waals surface area contributed by atoms with Crippen molar-refractivity contribution in [2.45, 2.75) is 6.42 Å². The monoisotopic (exact) mass is 311 g/mol. The molecule has 0 saturated heterocycles. The lowest BCUT2D eigenvalue weighted by atomic mass is 10.1. The molecule has 21 heavy (non-hydrogen) atoms. The first kappa shape index (κ1) is 13.6. The zero-order valence-electron chi connectivity index (χ0n) is 10.6. The second kappa shape index (κ2) is 5.17. The highest BCUT2D eigenvalue weighted by Crippen LogP contribution is 2.48. The van der Waals surface area contributed by atoms with E-state index in [0.29, 0.717) is 25.4 Å². The molecule has 110 valence electrons. The van der Waals surface area contributed by atoms with Crippen LogP contribution in [0.15, 0.2) is 16.7 Å². The number of halogens is 1. The first-order valence-corrected chi connectivity index (χ1v) is 6.47. The van der Waals surface area contributed by atoms with E-state index >= 15 is 0 Å². The number of rotatable bonds is 2. The van der Waals surface area contributed by atoms with Gasteiger partial charge in [-0.3, -0.25) is 0 Å². The van der Waals surface area contributed by atoms with E-state index in [1.165, 1.54) is 12.1 Å². The van der Waals surface area contributed by atoms with Gasteiger partial charge in [0, 0.05) is 18.6 Å². The summed E-state index contributed by atoms with van der Waals surface area (Å²) < 4.78 is 15.8. The van der Waals surface area contributed by atoms with Crippen molar-refractivity contribution in [1.82, 2.24) is 5.16 Å². The minimum absolute atomic E-state index is 0.0501. The average molecular weight is 312 g/mol. The molecular weight excluding hydrogens is 302 g/mol. The van der Waals surface area contributed by atoms with E-state index in [-0.39, 0.29) is 33.5 Å². The van der Waals surface area contributed by atoms with Gasteiger partial charge in [-0.1, -0.05) is 16.8 Å². The predicted octanol–water partition coefficient (Wildman–Crippen LogP) is 2.56. The third-order valence-electron chi connectivity index (χ3n) is 2.94. The predicted molar refractivity (Wildman–Crippen MR) is 71.2 cm³/mol. The number of aromatic hydroxyl groups is 1. The molecule has 2 aromatic rings. The fourth-order valence-corrected chi connectivity index (χ4v) is 2.19. The summed E-state index contributed by atoms with van der Waals surface area (Å²) in [4.78, 5) is 10.9. The second-order valence-corrected chi connectivity index (χ2v) is 4.75. The van der Waals surface area contributed by atoms with Gasteiger partial charge in [0.15, 0.2) is 11.5 Å². The van der Waals surface area contributed by atoms with Gasteiger partial charge in [0.1, 0.15) is 11.4 Å². The molecular formula is C13H10ClNO6. The van der Waals surface area contributed by atoms with Gasteiger partial charge >= 0.3 is 5.97 Å². The number of hydrogen-bond donors (Lipinski definition) is 2. The van der Waals surface area contributed by atoms with Crippen LogP contribution < -0.4 is 9.47 Å². The molecule has 0 saturated carbocycles. The number of benzene rings is 1. The van der Waals surface area contributed by atoms with Gasteiger partial charge in [-0.2, -0.15) is 0 Å². The van der Waals surface area contributed by atoms with Crippen LogP contribution in [0.4, 0.5) is 0 Å². The summed E-state index contributed by atoms with van der Waals surface area (Å²) in [7, 11) is 0. The Morgan fingerprint density at radius 3 is 2.76 bits per heavy atom. The molecule has 0 bridgehead atoms. The van der Waals surface area contributed by atoms with Gasteiger partial charge < -0.3 is 24.2 Å². The van der Waals surface area contributed by atoms with Crippen LogP contribution in [0, 0.1) is 0 Å². The van der Waals surface area contributed by atoms with Crippen LogP contribution in [0.5, 0.6) is 17.2 Å². The van der Waals surface area contributed by atoms with Crippen LogP contribution in [0.2, 0.25) is 5.02 Å². The van der Waals surface area contributed by atoms with E-state index in [4.69, 9.17) is 30.7 Å². The SMILES string of the molecule is O=C(O)c1cc(-c2c(O)c(Cl)cc3c2OCCCO3)no1. The Hall–Kier alpha value is -2.41. The number of nitrogens with zero attached hydrogens (tertiary/aromatic N) is 1. The molecule has 2 heterocycles. The number of carbonyl (C=O) groups is 1. The molecule has 0 radical (unpaired) electrons. The molecule has 0 atom stereocenters. The van der Waals surface area contributed by atoms with Gasteiger partial charge in [0.25, 0.3) is 0 Å². The second-order valence-electron chi connectivity index (χ2n) is 4.34. The van der Waals surface area contributed by atoms with Crippen molar-refractivity contribution in [2.24, 2.45) is 0 Å². The standard InChI is InChI=1S/C13H10ClNO6/c14-6-4-8-12(20-3-1-2-19-8)10(11(6)16)7-5-9(13(17)18)21-15-7/h4-5,16H,1-3H2,(H,17,18). The number of hydrogen-bond acceptors (Lipinski definition) is 6. The number of phenols is 1. The maximum absolute atomic E-state index is 10.9. The number of phenolic OH excluding ortho intramolecular Hbond substituents is 1. The molecule has 8 heteroatoms. The molecule has 0 amide bonds. The third-order valence-corrected chi connectivity index (χ3v) is 3.23. The van der Waals surface area contributed by atoms with Crippen molar-refractivity contribution in [2.75, 3.05) is 13.2 Å². The lowest BCUT2D eigenvalue weighted by molar-refractivity contribution is 0.0652. The molecule has 1 aromatic heterocycles. The lowest BCUT2D eigenvalue weighted by Gasteiger charge is -2.13. The lowest BCUT2D eigenvalue weighted by Crippen LogP contribution is -1.98. The molecule has 1 aliphatic rings. The van der Waals surface area contributed by atoms with Crippen LogP contribution in [0.3, 0.4) is 0 Å². The fraction of sp³-hybridized carbons (Fsp3) is 0.231. The number of carboxylic acid groups (broad SMARTS) is 1. The number of aromatic carboxylic acids is 1. The zero-order valence-corrected chi connectivity index (χ0v) is 11.4. The van der Waals surface area contributed by atoms with E-state index in [1.807, 2.05) is 0 Å². The van der Waals surface area contributed by atoms with Crippen molar-refractivity contribution >= 4 is 17.6 Å². The number of carboxylic acids is 1. The molecule has 3 rings (SSSR count). The van der Waals surface area contributed by atoms with Gasteiger partial charge in [-0.25, -0.2) is 4.79 Å². The molecule has 7 nitrogen and oxygen atoms in total. The molecule has 1 aromatic carbocycles. The van der Waals surface area contributed by atoms with Crippen molar-refractivity contribution in [3.05, 3.63) is 22.9 Å². The largest absolute Gasteiger partial charge is 0.506 e.